The minimum Gasteiger partial charge on any atom is -0.0904 e. The maximum Gasteiger partial charge on any atom is 0.0154 e. The zero-order valence-electron chi connectivity index (χ0n) is 10.6. The van der Waals surface area contributed by atoms with Crippen LogP contribution in [0.3, 0.4) is 0 Å². The van der Waals surface area contributed by atoms with Crippen LogP contribution in [0, 0.1) is 5.92 Å². The topological polar surface area (TPSA) is 0 Å². The van der Waals surface area contributed by atoms with Gasteiger partial charge in [0.25, 0.3) is 0 Å². The lowest BCUT2D eigenvalue weighted by atomic mass is 9.91. The van der Waals surface area contributed by atoms with Crippen LogP contribution in [0.4, 0.5) is 0 Å². The largest absolute Gasteiger partial charge is 0.0904 e. The molecule has 0 amide bonds. The first-order valence-electron chi connectivity index (χ1n) is 7.16. The molecule has 2 aliphatic carbocycles. The van der Waals surface area contributed by atoms with E-state index in [9.17, 15) is 0 Å². The predicted octanol–water partition coefficient (Wildman–Crippen LogP) is 5.67. The van der Waals surface area contributed by atoms with Gasteiger partial charge in [-0.2, -0.15) is 0 Å². The monoisotopic (exact) mass is 258 g/mol. The molecule has 0 radical (unpaired) electrons. The number of hydrogen-bond acceptors (Lipinski definition) is 2. The Balaban J connectivity index is 1.65. The van der Waals surface area contributed by atoms with Crippen LogP contribution < -0.4 is 0 Å². The Labute approximate surface area is 109 Å². The van der Waals surface area contributed by atoms with Crippen molar-refractivity contribution in [2.24, 2.45) is 5.92 Å². The second-order valence-corrected chi connectivity index (χ2v) is 8.57. The van der Waals surface area contributed by atoms with Crippen LogP contribution >= 0.6 is 21.6 Å². The van der Waals surface area contributed by atoms with E-state index in [1.165, 1.54) is 64.2 Å². The summed E-state index contributed by atoms with van der Waals surface area (Å²) in [6.45, 7) is 2.43. The Kier molecular flexibility index (Phi) is 5.92. The molecule has 0 aromatic carbocycles. The van der Waals surface area contributed by atoms with Crippen LogP contribution in [0.5, 0.6) is 0 Å². The van der Waals surface area contributed by atoms with E-state index in [1.807, 2.05) is 0 Å². The maximum absolute atomic E-state index is 2.43. The lowest BCUT2D eigenvalue weighted by Gasteiger charge is -2.26. The first-order chi connectivity index (χ1) is 7.84. The fourth-order valence-corrected chi connectivity index (χ4v) is 6.52. The Hall–Kier alpha value is 0.700. The quantitative estimate of drug-likeness (QED) is 0.472. The van der Waals surface area contributed by atoms with Crippen molar-refractivity contribution in [3.05, 3.63) is 0 Å². The van der Waals surface area contributed by atoms with Crippen LogP contribution in [0.2, 0.25) is 0 Å². The first kappa shape index (κ1) is 13.1. The molecule has 0 aliphatic heterocycles. The average molecular weight is 258 g/mol. The highest BCUT2D eigenvalue weighted by Gasteiger charge is 2.21. The Morgan fingerprint density at radius 3 is 2.00 bits per heavy atom. The molecule has 2 saturated carbocycles. The summed E-state index contributed by atoms with van der Waals surface area (Å²) in [6.07, 6.45) is 14.8. The molecule has 2 unspecified atom stereocenters. The van der Waals surface area contributed by atoms with Gasteiger partial charge in [0.15, 0.2) is 0 Å². The van der Waals surface area contributed by atoms with Crippen molar-refractivity contribution in [3.8, 4) is 0 Å². The third-order valence-corrected chi connectivity index (χ3v) is 7.54. The van der Waals surface area contributed by atoms with Crippen molar-refractivity contribution < 1.29 is 0 Å². The molecule has 0 N–H and O–H groups in total. The number of rotatable bonds is 3. The SMILES string of the molecule is CC1CCCC(SSC2CCCCCC2)C1. The van der Waals surface area contributed by atoms with E-state index in [-0.39, 0.29) is 0 Å². The molecule has 94 valence electrons. The van der Waals surface area contributed by atoms with E-state index in [4.69, 9.17) is 0 Å². The Morgan fingerprint density at radius 2 is 1.31 bits per heavy atom. The molecular formula is C14H26S2. The molecule has 2 aliphatic rings. The summed E-state index contributed by atoms with van der Waals surface area (Å²) >= 11 is 0. The highest BCUT2D eigenvalue weighted by molar-refractivity contribution is 8.77. The zero-order chi connectivity index (χ0) is 11.2. The minimum absolute atomic E-state index is 0.969. The summed E-state index contributed by atoms with van der Waals surface area (Å²) in [5.41, 5.74) is 0. The Bertz CT molecular complexity index is 183. The van der Waals surface area contributed by atoms with E-state index < -0.39 is 0 Å². The second-order valence-electron chi connectivity index (χ2n) is 5.70. The van der Waals surface area contributed by atoms with Gasteiger partial charge in [0.2, 0.25) is 0 Å². The first-order valence-corrected chi connectivity index (χ1v) is 9.44. The summed E-state index contributed by atoms with van der Waals surface area (Å²) in [5, 5.41) is 1.95. The van der Waals surface area contributed by atoms with Gasteiger partial charge >= 0.3 is 0 Å². The smallest absolute Gasteiger partial charge is 0.0154 e. The molecule has 0 spiro atoms. The highest BCUT2D eigenvalue weighted by Crippen LogP contribution is 2.42. The van der Waals surface area contributed by atoms with Gasteiger partial charge in [-0.15, -0.1) is 0 Å². The van der Waals surface area contributed by atoms with Gasteiger partial charge in [-0.3, -0.25) is 0 Å². The summed E-state index contributed by atoms with van der Waals surface area (Å²) in [5.74, 6) is 0.987. The van der Waals surface area contributed by atoms with E-state index in [0.717, 1.165) is 16.4 Å². The van der Waals surface area contributed by atoms with Crippen LogP contribution in [0.15, 0.2) is 0 Å². The summed E-state index contributed by atoms with van der Waals surface area (Å²) in [4.78, 5) is 0. The lowest BCUT2D eigenvalue weighted by Crippen LogP contribution is -2.14. The van der Waals surface area contributed by atoms with Gasteiger partial charge in [0.1, 0.15) is 0 Å². The van der Waals surface area contributed by atoms with Gasteiger partial charge in [0, 0.05) is 10.5 Å². The molecule has 0 aromatic heterocycles. The average Bonchev–Trinajstić information content (AvgIpc) is 2.55. The fraction of sp³-hybridized carbons (Fsp3) is 1.00. The fourth-order valence-electron chi connectivity index (χ4n) is 2.96. The van der Waals surface area contributed by atoms with Crippen molar-refractivity contribution in [1.82, 2.24) is 0 Å². The van der Waals surface area contributed by atoms with Gasteiger partial charge in [-0.1, -0.05) is 67.0 Å². The second kappa shape index (κ2) is 7.20. The highest BCUT2D eigenvalue weighted by atomic mass is 33.1. The molecule has 2 atom stereocenters. The van der Waals surface area contributed by atoms with Crippen molar-refractivity contribution in [2.75, 3.05) is 0 Å². The van der Waals surface area contributed by atoms with Crippen LogP contribution in [0.25, 0.3) is 0 Å². The van der Waals surface area contributed by atoms with Gasteiger partial charge < -0.3 is 0 Å². The third kappa shape index (κ3) is 4.52. The summed E-state index contributed by atoms with van der Waals surface area (Å²) in [6, 6.07) is 0. The van der Waals surface area contributed by atoms with Crippen molar-refractivity contribution >= 4 is 21.6 Å². The third-order valence-electron chi connectivity index (χ3n) is 4.02. The van der Waals surface area contributed by atoms with Crippen LogP contribution in [0.1, 0.15) is 71.1 Å². The van der Waals surface area contributed by atoms with E-state index in [0.29, 0.717) is 0 Å². The predicted molar refractivity (Wildman–Crippen MR) is 78.1 cm³/mol. The molecule has 0 saturated heterocycles. The lowest BCUT2D eigenvalue weighted by molar-refractivity contribution is 0.395. The molecule has 2 fully saturated rings. The van der Waals surface area contributed by atoms with Gasteiger partial charge in [-0.05, 0) is 31.6 Å². The molecule has 2 heteroatoms. The summed E-state index contributed by atoms with van der Waals surface area (Å²) in [7, 11) is 4.47. The standard InChI is InChI=1S/C14H26S2/c1-12-7-6-10-14(11-12)16-15-13-8-4-2-3-5-9-13/h12-14H,2-11H2,1H3. The van der Waals surface area contributed by atoms with E-state index >= 15 is 0 Å². The van der Waals surface area contributed by atoms with Crippen molar-refractivity contribution in [3.63, 3.8) is 0 Å². The molecule has 0 heterocycles. The molecule has 16 heavy (non-hydrogen) atoms. The van der Waals surface area contributed by atoms with E-state index in [1.54, 1.807) is 0 Å². The molecule has 2 rings (SSSR count). The zero-order valence-corrected chi connectivity index (χ0v) is 12.3. The number of hydrogen-bond donors (Lipinski definition) is 0. The minimum atomic E-state index is 0.969. The van der Waals surface area contributed by atoms with Crippen LogP contribution in [-0.4, -0.2) is 10.5 Å². The molecular weight excluding hydrogens is 232 g/mol. The van der Waals surface area contributed by atoms with E-state index in [2.05, 4.69) is 28.5 Å². The normalized spacial score (nSPS) is 33.6. The molecule has 0 aromatic rings. The summed E-state index contributed by atoms with van der Waals surface area (Å²) < 4.78 is 0. The van der Waals surface area contributed by atoms with Gasteiger partial charge in [-0.25, -0.2) is 0 Å². The molecule has 0 nitrogen and oxygen atoms in total. The van der Waals surface area contributed by atoms with Crippen LogP contribution in [-0.2, 0) is 0 Å². The van der Waals surface area contributed by atoms with Crippen molar-refractivity contribution in [1.29, 1.82) is 0 Å². The van der Waals surface area contributed by atoms with Crippen molar-refractivity contribution in [2.45, 2.75) is 81.6 Å². The Morgan fingerprint density at radius 1 is 0.688 bits per heavy atom. The molecule has 0 bridgehead atoms. The van der Waals surface area contributed by atoms with Gasteiger partial charge in [0.05, 0.1) is 0 Å². The maximum atomic E-state index is 2.43.